The molecule has 2 N–H and O–H groups in total. The van der Waals surface area contributed by atoms with Crippen LogP contribution >= 0.6 is 0 Å². The Morgan fingerprint density at radius 2 is 2.14 bits per heavy atom. The second-order valence-corrected chi connectivity index (χ2v) is 5.12. The van der Waals surface area contributed by atoms with Crippen molar-refractivity contribution in [2.75, 3.05) is 6.54 Å². The maximum absolute atomic E-state index is 11.2. The lowest BCUT2D eigenvalue weighted by atomic mass is 10.1. The number of benzene rings is 1. The molecule has 1 aromatic carbocycles. The Morgan fingerprint density at radius 1 is 1.41 bits per heavy atom. The van der Waals surface area contributed by atoms with Crippen LogP contribution < -0.4 is 0 Å². The molecule has 8 nitrogen and oxygen atoms in total. The van der Waals surface area contributed by atoms with Gasteiger partial charge in [-0.25, -0.2) is 9.78 Å². The predicted molar refractivity (Wildman–Crippen MR) is 77.4 cm³/mol. The monoisotopic (exact) mass is 302 g/mol. The van der Waals surface area contributed by atoms with Crippen LogP contribution in [0.25, 0.3) is 11.3 Å². The highest BCUT2D eigenvalue weighted by atomic mass is 16.6. The van der Waals surface area contributed by atoms with E-state index in [1.54, 1.807) is 18.3 Å². The zero-order valence-corrected chi connectivity index (χ0v) is 11.6. The van der Waals surface area contributed by atoms with Gasteiger partial charge in [-0.05, 0) is 25.0 Å². The first-order valence-corrected chi connectivity index (χ1v) is 6.85. The van der Waals surface area contributed by atoms with E-state index in [0.717, 1.165) is 18.4 Å². The lowest BCUT2D eigenvalue weighted by Gasteiger charge is -2.19. The molecule has 1 amide bonds. The smallest absolute Gasteiger partial charge is 0.407 e. The fourth-order valence-corrected chi connectivity index (χ4v) is 2.70. The van der Waals surface area contributed by atoms with E-state index in [-0.39, 0.29) is 11.7 Å². The minimum absolute atomic E-state index is 0.0244. The number of aromatic amines is 1. The van der Waals surface area contributed by atoms with Crippen LogP contribution in [0.1, 0.15) is 24.7 Å². The van der Waals surface area contributed by atoms with Gasteiger partial charge in [0.1, 0.15) is 5.82 Å². The lowest BCUT2D eigenvalue weighted by Crippen LogP contribution is -2.29. The van der Waals surface area contributed by atoms with Gasteiger partial charge in [0.15, 0.2) is 0 Å². The summed E-state index contributed by atoms with van der Waals surface area (Å²) in [5.74, 6) is 0.605. The van der Waals surface area contributed by atoms with Crippen LogP contribution in [-0.2, 0) is 0 Å². The van der Waals surface area contributed by atoms with Crippen molar-refractivity contribution < 1.29 is 14.8 Å². The third-order valence-corrected chi connectivity index (χ3v) is 3.80. The van der Waals surface area contributed by atoms with Crippen molar-refractivity contribution in [3.8, 4) is 11.3 Å². The molecule has 114 valence electrons. The number of rotatable bonds is 3. The third kappa shape index (κ3) is 2.50. The number of imidazole rings is 1. The number of hydrogen-bond acceptors (Lipinski definition) is 4. The van der Waals surface area contributed by atoms with Crippen LogP contribution in [0.4, 0.5) is 10.5 Å². The Kier molecular flexibility index (Phi) is 3.50. The topological polar surface area (TPSA) is 112 Å². The molecule has 8 heteroatoms. The molecule has 0 bridgehead atoms. The molecule has 1 fully saturated rings. The molecule has 1 aliphatic heterocycles. The van der Waals surface area contributed by atoms with Crippen molar-refractivity contribution in [1.82, 2.24) is 14.9 Å². The largest absolute Gasteiger partial charge is 0.465 e. The highest BCUT2D eigenvalue weighted by Gasteiger charge is 2.31. The number of non-ortho nitro benzene ring substituents is 1. The summed E-state index contributed by atoms with van der Waals surface area (Å²) in [6, 6.07) is 5.87. The quantitative estimate of drug-likeness (QED) is 0.668. The summed E-state index contributed by atoms with van der Waals surface area (Å²) >= 11 is 0. The minimum Gasteiger partial charge on any atom is -0.465 e. The molecular formula is C14H14N4O4. The number of nitro benzene ring substituents is 1. The molecule has 0 spiro atoms. The van der Waals surface area contributed by atoms with E-state index < -0.39 is 11.0 Å². The van der Waals surface area contributed by atoms with Gasteiger partial charge in [-0.1, -0.05) is 0 Å². The van der Waals surface area contributed by atoms with E-state index in [1.807, 2.05) is 0 Å². The van der Waals surface area contributed by atoms with Crippen molar-refractivity contribution in [2.45, 2.75) is 18.9 Å². The van der Waals surface area contributed by atoms with Gasteiger partial charge in [-0.3, -0.25) is 15.0 Å². The molecule has 2 aromatic rings. The number of nitrogens with zero attached hydrogens (tertiary/aromatic N) is 3. The fourth-order valence-electron chi connectivity index (χ4n) is 2.70. The van der Waals surface area contributed by atoms with Crippen molar-refractivity contribution in [2.24, 2.45) is 0 Å². The maximum Gasteiger partial charge on any atom is 0.407 e. The van der Waals surface area contributed by atoms with Crippen LogP contribution in [0.5, 0.6) is 0 Å². The molecule has 0 radical (unpaired) electrons. The summed E-state index contributed by atoms with van der Waals surface area (Å²) in [6.07, 6.45) is 2.22. The number of nitro groups is 1. The standard InChI is InChI=1S/C14H14N4O4/c19-14(20)17-7-1-2-12(17)13-15-8-11(16-13)9-3-5-10(6-4-9)18(21)22/h3-6,8,12H,1-2,7H2,(H,15,16)(H,19,20). The number of hydrogen-bond donors (Lipinski definition) is 2. The summed E-state index contributed by atoms with van der Waals surface area (Å²) in [5, 5.41) is 19.8. The van der Waals surface area contributed by atoms with E-state index >= 15 is 0 Å². The zero-order chi connectivity index (χ0) is 15.7. The van der Waals surface area contributed by atoms with Crippen molar-refractivity contribution in [3.63, 3.8) is 0 Å². The number of nitrogens with one attached hydrogen (secondary N) is 1. The van der Waals surface area contributed by atoms with E-state index in [2.05, 4.69) is 9.97 Å². The molecule has 1 aromatic heterocycles. The average molecular weight is 302 g/mol. The molecule has 1 saturated heterocycles. The normalized spacial score (nSPS) is 17.6. The fraction of sp³-hybridized carbons (Fsp3) is 0.286. The van der Waals surface area contributed by atoms with Gasteiger partial charge >= 0.3 is 6.09 Å². The zero-order valence-electron chi connectivity index (χ0n) is 11.6. The van der Waals surface area contributed by atoms with Crippen LogP contribution in [0, 0.1) is 10.1 Å². The summed E-state index contributed by atoms with van der Waals surface area (Å²) in [4.78, 5) is 30.1. The van der Waals surface area contributed by atoms with Crippen LogP contribution in [-0.4, -0.2) is 37.5 Å². The van der Waals surface area contributed by atoms with Crippen molar-refractivity contribution >= 4 is 11.8 Å². The van der Waals surface area contributed by atoms with E-state index in [0.29, 0.717) is 18.1 Å². The Morgan fingerprint density at radius 3 is 2.77 bits per heavy atom. The number of carboxylic acid groups (broad SMARTS) is 1. The Labute approximate surface area is 125 Å². The SMILES string of the molecule is O=C(O)N1CCCC1c1ncc(-c2ccc([N+](=O)[O-])cc2)[nH]1. The first kappa shape index (κ1) is 14.1. The molecule has 1 atom stereocenters. The first-order valence-electron chi connectivity index (χ1n) is 6.85. The van der Waals surface area contributed by atoms with Gasteiger partial charge in [0.25, 0.3) is 5.69 Å². The summed E-state index contributed by atoms with van der Waals surface area (Å²) in [6.45, 7) is 0.508. The van der Waals surface area contributed by atoms with E-state index in [4.69, 9.17) is 0 Å². The minimum atomic E-state index is -0.948. The lowest BCUT2D eigenvalue weighted by molar-refractivity contribution is -0.384. The van der Waals surface area contributed by atoms with Crippen LogP contribution in [0.15, 0.2) is 30.5 Å². The number of H-pyrrole nitrogens is 1. The van der Waals surface area contributed by atoms with Crippen molar-refractivity contribution in [1.29, 1.82) is 0 Å². The van der Waals surface area contributed by atoms with Crippen LogP contribution in [0.3, 0.4) is 0 Å². The number of likely N-dealkylation sites (tertiary alicyclic amines) is 1. The number of aromatic nitrogens is 2. The highest BCUT2D eigenvalue weighted by molar-refractivity contribution is 5.66. The van der Waals surface area contributed by atoms with Gasteiger partial charge in [0, 0.05) is 24.2 Å². The molecule has 1 aliphatic rings. The van der Waals surface area contributed by atoms with Gasteiger partial charge in [-0.15, -0.1) is 0 Å². The highest BCUT2D eigenvalue weighted by Crippen LogP contribution is 2.31. The number of amides is 1. The van der Waals surface area contributed by atoms with Gasteiger partial charge in [-0.2, -0.15) is 0 Å². The predicted octanol–water partition coefficient (Wildman–Crippen LogP) is 2.80. The molecule has 1 unspecified atom stereocenters. The first-order chi connectivity index (χ1) is 10.6. The van der Waals surface area contributed by atoms with Gasteiger partial charge in [0.2, 0.25) is 0 Å². The average Bonchev–Trinajstić information content (AvgIpc) is 3.16. The molecule has 0 aliphatic carbocycles. The Hall–Kier alpha value is -2.90. The van der Waals surface area contributed by atoms with Crippen LogP contribution in [0.2, 0.25) is 0 Å². The molecule has 22 heavy (non-hydrogen) atoms. The summed E-state index contributed by atoms with van der Waals surface area (Å²) < 4.78 is 0. The van der Waals surface area contributed by atoms with Gasteiger partial charge < -0.3 is 10.1 Å². The molecular weight excluding hydrogens is 288 g/mol. The Balaban J connectivity index is 1.84. The summed E-state index contributed by atoms with van der Waals surface area (Å²) in [5.41, 5.74) is 1.50. The second kappa shape index (κ2) is 5.47. The molecule has 0 saturated carbocycles. The molecule has 3 rings (SSSR count). The second-order valence-electron chi connectivity index (χ2n) is 5.12. The van der Waals surface area contributed by atoms with Gasteiger partial charge in [0.05, 0.1) is 22.9 Å². The maximum atomic E-state index is 11.2. The summed E-state index contributed by atoms with van der Waals surface area (Å²) in [7, 11) is 0. The number of carbonyl (C=O) groups is 1. The van der Waals surface area contributed by atoms with E-state index in [9.17, 15) is 20.0 Å². The van der Waals surface area contributed by atoms with Crippen molar-refractivity contribution in [3.05, 3.63) is 46.4 Å². The van der Waals surface area contributed by atoms with E-state index in [1.165, 1.54) is 17.0 Å². The molecule has 2 heterocycles. The third-order valence-electron chi connectivity index (χ3n) is 3.80. The Bertz CT molecular complexity index is 710.